The fraction of sp³-hybridized carbons (Fsp3) is 0.436. The molecular weight excluding hydrogens is 993 g/mol. The normalized spacial score (nSPS) is 17.7. The van der Waals surface area contributed by atoms with Crippen LogP contribution in [0.4, 0.5) is 5.69 Å². The maximum atomic E-state index is 14.4. The molecule has 1 aliphatic carbocycles. The molecule has 2 heterocycles. The third-order valence-corrected chi connectivity index (χ3v) is 13.4. The van der Waals surface area contributed by atoms with Gasteiger partial charge in [-0.1, -0.05) is 30.3 Å². The lowest BCUT2D eigenvalue weighted by Gasteiger charge is -2.21. The first-order valence-corrected chi connectivity index (χ1v) is 26.6. The number of rotatable bonds is 4. The van der Waals surface area contributed by atoms with Gasteiger partial charge in [-0.15, -0.1) is 0 Å². The molecule has 0 radical (unpaired) electrons. The van der Waals surface area contributed by atoms with Crippen molar-refractivity contribution in [1.29, 1.82) is 0 Å². The van der Waals surface area contributed by atoms with Crippen LogP contribution in [-0.2, 0) is 73.6 Å². The summed E-state index contributed by atoms with van der Waals surface area (Å²) < 4.78 is 102. The van der Waals surface area contributed by atoms with Gasteiger partial charge in [0.15, 0.2) is 0 Å². The third-order valence-electron chi connectivity index (χ3n) is 12.1. The topological polar surface area (TPSA) is 217 Å². The van der Waals surface area contributed by atoms with E-state index in [9.17, 15) is 23.3 Å². The van der Waals surface area contributed by atoms with Crippen LogP contribution in [0.15, 0.2) is 95.9 Å². The van der Waals surface area contributed by atoms with Crippen molar-refractivity contribution in [2.45, 2.75) is 30.6 Å². The Bertz CT molecular complexity index is 2660. The molecule has 0 spiro atoms. The summed E-state index contributed by atoms with van der Waals surface area (Å²) in [6.45, 7) is 6.59. The SMILES string of the molecule is O=C(NS(=O)(=O)c1ccc([N+](=O)[O-])cc1)c1cc2c3c(c1)Cc1cc4cc(c1)OCCOCCOCCOCCOCCOc1cc(cc(c1)C2)Cc1cccc(c1OCCOCCOCCOCCOCCO3)C4. The Labute approximate surface area is 436 Å². The number of nitro benzene ring substituents is 1. The van der Waals surface area contributed by atoms with Gasteiger partial charge in [0.05, 0.1) is 116 Å². The lowest BCUT2D eigenvalue weighted by Crippen LogP contribution is -2.30. The van der Waals surface area contributed by atoms with E-state index in [-0.39, 0.29) is 62.0 Å². The van der Waals surface area contributed by atoms with E-state index < -0.39 is 20.9 Å². The molecule has 75 heavy (non-hydrogen) atoms. The van der Waals surface area contributed by atoms with Gasteiger partial charge in [0.1, 0.15) is 49.4 Å². The molecule has 19 nitrogen and oxygen atoms in total. The van der Waals surface area contributed by atoms with Gasteiger partial charge in [-0.25, -0.2) is 13.1 Å². The Morgan fingerprint density at radius 2 is 0.760 bits per heavy atom. The van der Waals surface area contributed by atoms with Crippen LogP contribution < -0.4 is 23.7 Å². The molecule has 3 aliphatic rings. The summed E-state index contributed by atoms with van der Waals surface area (Å²) >= 11 is 0. The predicted octanol–water partition coefficient (Wildman–Crippen LogP) is 6.07. The number of ether oxygens (including phenoxy) is 12. The van der Waals surface area contributed by atoms with E-state index in [2.05, 4.69) is 29.0 Å². The zero-order valence-corrected chi connectivity index (χ0v) is 42.7. The highest BCUT2D eigenvalue weighted by Gasteiger charge is 2.24. The molecule has 20 heteroatoms. The molecule has 1 N–H and O–H groups in total. The second-order valence-electron chi connectivity index (χ2n) is 17.7. The number of benzene rings is 5. The fourth-order valence-electron chi connectivity index (χ4n) is 8.70. The Hall–Kier alpha value is -6.20. The Morgan fingerprint density at radius 1 is 0.427 bits per heavy atom. The number of nitrogens with one attached hydrogen (secondary N) is 1. The molecule has 0 atom stereocenters. The van der Waals surface area contributed by atoms with Crippen molar-refractivity contribution in [1.82, 2.24) is 4.72 Å². The van der Waals surface area contributed by atoms with Crippen LogP contribution in [0.1, 0.15) is 54.9 Å². The van der Waals surface area contributed by atoms with Crippen molar-refractivity contribution < 1.29 is 75.0 Å². The predicted molar refractivity (Wildman–Crippen MR) is 273 cm³/mol. The Balaban J connectivity index is 1.26. The van der Waals surface area contributed by atoms with E-state index in [1.165, 1.54) is 0 Å². The molecule has 0 saturated heterocycles. The zero-order chi connectivity index (χ0) is 52.1. The largest absolute Gasteiger partial charge is 0.491 e. The van der Waals surface area contributed by atoms with Crippen molar-refractivity contribution in [2.75, 3.05) is 132 Å². The van der Waals surface area contributed by atoms with Gasteiger partial charge in [-0.2, -0.15) is 0 Å². The summed E-state index contributed by atoms with van der Waals surface area (Å²) in [5.74, 6) is 1.46. The number of non-ortho nitro benzene ring substituents is 1. The van der Waals surface area contributed by atoms with E-state index in [0.717, 1.165) is 63.4 Å². The first-order valence-electron chi connectivity index (χ1n) is 25.1. The van der Waals surface area contributed by atoms with Gasteiger partial charge in [0, 0.05) is 43.4 Å². The molecule has 0 saturated carbocycles. The molecule has 402 valence electrons. The summed E-state index contributed by atoms with van der Waals surface area (Å²) in [6, 6.07) is 25.7. The molecule has 5 aromatic rings. The molecular formula is C55H64N2O17S. The molecule has 0 fully saturated rings. The third kappa shape index (κ3) is 17.2. The molecule has 2 aliphatic heterocycles. The number of carbonyl (C=O) groups is 1. The average molecular weight is 1060 g/mol. The second-order valence-corrected chi connectivity index (χ2v) is 19.4. The lowest BCUT2D eigenvalue weighted by molar-refractivity contribution is -0.384. The van der Waals surface area contributed by atoms with Crippen molar-refractivity contribution in [3.05, 3.63) is 151 Å². The summed E-state index contributed by atoms with van der Waals surface area (Å²) in [6.07, 6.45) is 1.33. The highest BCUT2D eigenvalue weighted by Crippen LogP contribution is 2.36. The number of hydrogen-bond donors (Lipinski definition) is 1. The maximum Gasteiger partial charge on any atom is 0.269 e. The summed E-state index contributed by atoms with van der Waals surface area (Å²) in [5.41, 5.74) is 6.20. The fourth-order valence-corrected chi connectivity index (χ4v) is 9.67. The molecule has 12 bridgehead atoms. The highest BCUT2D eigenvalue weighted by molar-refractivity contribution is 7.90. The molecule has 8 rings (SSSR count). The summed E-state index contributed by atoms with van der Waals surface area (Å²) in [4.78, 5) is 24.8. The van der Waals surface area contributed by atoms with E-state index in [1.807, 2.05) is 30.3 Å². The molecule has 1 amide bonds. The summed E-state index contributed by atoms with van der Waals surface area (Å²) in [5, 5.41) is 11.4. The Morgan fingerprint density at radius 3 is 1.13 bits per heavy atom. The number of nitrogens with zero attached hydrogens (tertiary/aromatic N) is 1. The number of carbonyl (C=O) groups excluding carboxylic acids is 1. The van der Waals surface area contributed by atoms with Crippen LogP contribution in [0.2, 0.25) is 0 Å². The van der Waals surface area contributed by atoms with Crippen LogP contribution in [-0.4, -0.2) is 151 Å². The standard InChI is InChI=1S/C55H64N2O17S/c58-55(56-75(61,62)52-6-4-49(5-7-52)57(59)60)48-38-46-32-42-28-40-30-44-2-1-3-45-31-41-29-43(33-47(39-48)54(46)74-27-23-70-19-15-66-11-10-65-14-18-69-22-26-73-53(44)45)37-51(35-41)72-25-21-68-17-13-64-9-8-63-12-16-67-20-24-71-50(34-40)36-42/h1-7,28-29,34-39H,8-27,30-33H2,(H,56,58). The monoisotopic (exact) mass is 1060 g/mol. The van der Waals surface area contributed by atoms with Crippen molar-refractivity contribution in [3.63, 3.8) is 0 Å². The van der Waals surface area contributed by atoms with Gasteiger partial charge >= 0.3 is 0 Å². The van der Waals surface area contributed by atoms with E-state index >= 15 is 0 Å². The Kier molecular flexibility index (Phi) is 21.0. The van der Waals surface area contributed by atoms with Gasteiger partial charge < -0.3 is 56.8 Å². The van der Waals surface area contributed by atoms with Gasteiger partial charge in [0.25, 0.3) is 21.6 Å². The van der Waals surface area contributed by atoms with Crippen LogP contribution >= 0.6 is 0 Å². The van der Waals surface area contributed by atoms with Crippen molar-refractivity contribution in [3.8, 4) is 23.0 Å². The number of hydrogen-bond acceptors (Lipinski definition) is 17. The van der Waals surface area contributed by atoms with E-state index in [0.29, 0.717) is 140 Å². The summed E-state index contributed by atoms with van der Waals surface area (Å²) in [7, 11) is -4.49. The second kappa shape index (κ2) is 28.6. The first-order chi connectivity index (χ1) is 36.7. The van der Waals surface area contributed by atoms with Crippen molar-refractivity contribution >= 4 is 21.6 Å². The highest BCUT2D eigenvalue weighted by atomic mass is 32.2. The maximum absolute atomic E-state index is 14.4. The van der Waals surface area contributed by atoms with E-state index in [1.54, 1.807) is 12.1 Å². The minimum absolute atomic E-state index is 0.0347. The van der Waals surface area contributed by atoms with Crippen LogP contribution in [0, 0.1) is 10.1 Å². The minimum Gasteiger partial charge on any atom is -0.491 e. The van der Waals surface area contributed by atoms with Crippen LogP contribution in [0.25, 0.3) is 0 Å². The zero-order valence-electron chi connectivity index (χ0n) is 41.9. The molecule has 5 aromatic carbocycles. The average Bonchev–Trinajstić information content (AvgIpc) is 3.39. The number of nitro groups is 1. The van der Waals surface area contributed by atoms with Gasteiger partial charge in [-0.05, 0) is 93.0 Å². The van der Waals surface area contributed by atoms with Crippen LogP contribution in [0.5, 0.6) is 23.0 Å². The smallest absolute Gasteiger partial charge is 0.269 e. The first kappa shape index (κ1) is 55.0. The number of fused-ring (bicyclic) bond motifs is 3. The number of amides is 1. The molecule has 0 unspecified atom stereocenters. The van der Waals surface area contributed by atoms with E-state index in [4.69, 9.17) is 56.8 Å². The quantitative estimate of drug-likeness (QED) is 0.157. The van der Waals surface area contributed by atoms with Crippen LogP contribution in [0.3, 0.4) is 0 Å². The lowest BCUT2D eigenvalue weighted by atomic mass is 9.91. The van der Waals surface area contributed by atoms with Gasteiger partial charge in [0.2, 0.25) is 0 Å². The number of para-hydroxylation sites is 1. The minimum atomic E-state index is -4.49. The molecule has 0 aromatic heterocycles. The number of sulfonamides is 1. The van der Waals surface area contributed by atoms with Crippen molar-refractivity contribution in [2.24, 2.45) is 0 Å². The van der Waals surface area contributed by atoms with Gasteiger partial charge in [-0.3, -0.25) is 14.9 Å².